The zero-order valence-corrected chi connectivity index (χ0v) is 18.6. The van der Waals surface area contributed by atoms with Gasteiger partial charge in [0.25, 0.3) is 5.91 Å². The van der Waals surface area contributed by atoms with Gasteiger partial charge in [-0.2, -0.15) is 0 Å². The summed E-state index contributed by atoms with van der Waals surface area (Å²) in [6, 6.07) is 14.2. The van der Waals surface area contributed by atoms with Crippen LogP contribution in [-0.4, -0.2) is 35.4 Å². The van der Waals surface area contributed by atoms with E-state index in [1.807, 2.05) is 37.5 Å². The molecule has 166 valence electrons. The molecule has 3 aromatic rings. The number of amides is 1. The summed E-state index contributed by atoms with van der Waals surface area (Å²) in [5.41, 5.74) is 10.7. The molecular weight excluding hydrogens is 408 g/mol. The fourth-order valence-corrected chi connectivity index (χ4v) is 3.50. The second-order valence-corrected chi connectivity index (χ2v) is 7.64. The van der Waals surface area contributed by atoms with E-state index >= 15 is 0 Å². The van der Waals surface area contributed by atoms with Crippen molar-refractivity contribution in [1.29, 1.82) is 0 Å². The number of aromatic nitrogens is 1. The van der Waals surface area contributed by atoms with E-state index in [0.717, 1.165) is 22.6 Å². The lowest BCUT2D eigenvalue weighted by molar-refractivity contribution is -0.119. The third-order valence-corrected chi connectivity index (χ3v) is 5.29. The van der Waals surface area contributed by atoms with Crippen molar-refractivity contribution in [2.45, 2.75) is 27.7 Å². The standard InChI is InChI=1S/C25H26N2O5/c1-15-9-10-19(11-16(15)2)27-17(3)12-21(18(27)4)22(28)13-32-25(30)20-7-5-6-8-23(20)31-14-24(26)29/h5-12H,13-14H2,1-4H3,(H2,26,29). The van der Waals surface area contributed by atoms with Gasteiger partial charge in [-0.15, -0.1) is 0 Å². The first-order valence-corrected chi connectivity index (χ1v) is 10.2. The number of Topliss-reactive ketones (excluding diaryl/α,β-unsaturated/α-hetero) is 1. The molecule has 7 heteroatoms. The van der Waals surface area contributed by atoms with Crippen LogP contribution in [0.25, 0.3) is 5.69 Å². The molecule has 0 fully saturated rings. The number of ketones is 1. The Bertz CT molecular complexity index is 1190. The van der Waals surface area contributed by atoms with Crippen LogP contribution in [0.5, 0.6) is 5.75 Å². The highest BCUT2D eigenvalue weighted by molar-refractivity contribution is 6.01. The molecule has 0 saturated heterocycles. The SMILES string of the molecule is Cc1ccc(-n2c(C)cc(C(=O)COC(=O)c3ccccc3OCC(N)=O)c2C)cc1C. The maximum Gasteiger partial charge on any atom is 0.342 e. The molecular formula is C25H26N2O5. The summed E-state index contributed by atoms with van der Waals surface area (Å²) in [5.74, 6) is -1.53. The molecule has 2 N–H and O–H groups in total. The minimum absolute atomic E-state index is 0.113. The van der Waals surface area contributed by atoms with E-state index in [9.17, 15) is 14.4 Å². The fraction of sp³-hybridized carbons (Fsp3) is 0.240. The number of nitrogens with zero attached hydrogens (tertiary/aromatic N) is 1. The molecule has 2 aromatic carbocycles. The second kappa shape index (κ2) is 9.51. The second-order valence-electron chi connectivity index (χ2n) is 7.64. The molecule has 0 saturated carbocycles. The van der Waals surface area contributed by atoms with Crippen LogP contribution in [0.3, 0.4) is 0 Å². The van der Waals surface area contributed by atoms with Crippen LogP contribution in [0.15, 0.2) is 48.5 Å². The van der Waals surface area contributed by atoms with E-state index in [2.05, 4.69) is 13.0 Å². The number of para-hydroxylation sites is 1. The Kier molecular flexibility index (Phi) is 6.78. The normalized spacial score (nSPS) is 10.6. The van der Waals surface area contributed by atoms with Crippen LogP contribution in [0.1, 0.15) is 43.2 Å². The van der Waals surface area contributed by atoms with Crippen molar-refractivity contribution in [3.05, 3.63) is 82.2 Å². The van der Waals surface area contributed by atoms with Crippen molar-refractivity contribution >= 4 is 17.7 Å². The van der Waals surface area contributed by atoms with Gasteiger partial charge in [-0.25, -0.2) is 4.79 Å². The molecule has 0 bridgehead atoms. The Morgan fingerprint density at radius 2 is 1.59 bits per heavy atom. The highest BCUT2D eigenvalue weighted by atomic mass is 16.5. The molecule has 0 atom stereocenters. The van der Waals surface area contributed by atoms with Gasteiger partial charge >= 0.3 is 5.97 Å². The van der Waals surface area contributed by atoms with Crippen LogP contribution in [0, 0.1) is 27.7 Å². The zero-order chi connectivity index (χ0) is 23.4. The van der Waals surface area contributed by atoms with E-state index < -0.39 is 18.5 Å². The van der Waals surface area contributed by atoms with E-state index in [4.69, 9.17) is 15.2 Å². The average Bonchev–Trinajstić information content (AvgIpc) is 3.06. The summed E-state index contributed by atoms with van der Waals surface area (Å²) in [7, 11) is 0. The Hall–Kier alpha value is -3.87. The number of esters is 1. The maximum absolute atomic E-state index is 12.8. The van der Waals surface area contributed by atoms with Crippen molar-refractivity contribution in [2.75, 3.05) is 13.2 Å². The predicted molar refractivity (Wildman–Crippen MR) is 120 cm³/mol. The number of nitrogens with two attached hydrogens (primary N) is 1. The van der Waals surface area contributed by atoms with Crippen LogP contribution >= 0.6 is 0 Å². The number of rotatable bonds is 8. The summed E-state index contributed by atoms with van der Waals surface area (Å²) in [6.07, 6.45) is 0. The Labute approximate surface area is 186 Å². The molecule has 0 aliphatic heterocycles. The van der Waals surface area contributed by atoms with Gasteiger partial charge < -0.3 is 19.8 Å². The van der Waals surface area contributed by atoms with Gasteiger partial charge in [0.15, 0.2) is 13.2 Å². The predicted octanol–water partition coefficient (Wildman–Crippen LogP) is 3.61. The monoisotopic (exact) mass is 434 g/mol. The Balaban J connectivity index is 1.76. The molecule has 0 spiro atoms. The summed E-state index contributed by atoms with van der Waals surface area (Å²) >= 11 is 0. The summed E-state index contributed by atoms with van der Waals surface area (Å²) in [4.78, 5) is 36.3. The van der Waals surface area contributed by atoms with Crippen LogP contribution in [0.4, 0.5) is 0 Å². The maximum atomic E-state index is 12.8. The highest BCUT2D eigenvalue weighted by Gasteiger charge is 2.20. The van der Waals surface area contributed by atoms with Gasteiger partial charge in [0, 0.05) is 22.6 Å². The molecule has 0 unspecified atom stereocenters. The first kappa shape index (κ1) is 22.8. The van der Waals surface area contributed by atoms with Crippen LogP contribution in [0.2, 0.25) is 0 Å². The summed E-state index contributed by atoms with van der Waals surface area (Å²) < 4.78 is 12.5. The quantitative estimate of drug-likeness (QED) is 0.431. The minimum Gasteiger partial charge on any atom is -0.483 e. The third-order valence-electron chi connectivity index (χ3n) is 5.29. The molecule has 1 aromatic heterocycles. The smallest absolute Gasteiger partial charge is 0.342 e. The van der Waals surface area contributed by atoms with E-state index in [0.29, 0.717) is 5.56 Å². The van der Waals surface area contributed by atoms with Gasteiger partial charge in [0.1, 0.15) is 11.3 Å². The highest BCUT2D eigenvalue weighted by Crippen LogP contribution is 2.24. The number of aryl methyl sites for hydroxylation is 3. The number of benzene rings is 2. The first-order chi connectivity index (χ1) is 15.2. The average molecular weight is 434 g/mol. The molecule has 7 nitrogen and oxygen atoms in total. The number of carbonyl (C=O) groups excluding carboxylic acids is 3. The van der Waals surface area contributed by atoms with Gasteiger partial charge in [0.2, 0.25) is 5.78 Å². The molecule has 1 heterocycles. The van der Waals surface area contributed by atoms with Crippen LogP contribution in [-0.2, 0) is 9.53 Å². The molecule has 0 aliphatic rings. The van der Waals surface area contributed by atoms with Crippen molar-refractivity contribution in [3.63, 3.8) is 0 Å². The molecule has 1 amide bonds. The number of primary amides is 1. The molecule has 0 radical (unpaired) electrons. The molecule has 0 aliphatic carbocycles. The topological polar surface area (TPSA) is 101 Å². The van der Waals surface area contributed by atoms with Crippen LogP contribution < -0.4 is 10.5 Å². The summed E-state index contributed by atoms with van der Waals surface area (Å²) in [5, 5.41) is 0. The van der Waals surface area contributed by atoms with E-state index in [1.165, 1.54) is 17.7 Å². The van der Waals surface area contributed by atoms with Gasteiger partial charge in [-0.1, -0.05) is 18.2 Å². The third kappa shape index (κ3) is 4.88. The van der Waals surface area contributed by atoms with Gasteiger partial charge in [-0.05, 0) is 69.2 Å². The molecule has 32 heavy (non-hydrogen) atoms. The fourth-order valence-electron chi connectivity index (χ4n) is 3.50. The lowest BCUT2D eigenvalue weighted by atomic mass is 10.1. The minimum atomic E-state index is -0.721. The van der Waals surface area contributed by atoms with Crippen molar-refractivity contribution in [2.24, 2.45) is 5.73 Å². The number of carbonyl (C=O) groups is 3. The Morgan fingerprint density at radius 3 is 2.28 bits per heavy atom. The first-order valence-electron chi connectivity index (χ1n) is 10.2. The number of hydrogen-bond acceptors (Lipinski definition) is 5. The van der Waals surface area contributed by atoms with E-state index in [1.54, 1.807) is 18.2 Å². The molecule has 3 rings (SSSR count). The van der Waals surface area contributed by atoms with Crippen molar-refractivity contribution < 1.29 is 23.9 Å². The lowest BCUT2D eigenvalue weighted by Crippen LogP contribution is -2.21. The lowest BCUT2D eigenvalue weighted by Gasteiger charge is -2.12. The van der Waals surface area contributed by atoms with Crippen molar-refractivity contribution in [3.8, 4) is 11.4 Å². The largest absolute Gasteiger partial charge is 0.483 e. The number of hydrogen-bond donors (Lipinski definition) is 1. The summed E-state index contributed by atoms with van der Waals surface area (Å²) in [6.45, 7) is 7.10. The zero-order valence-electron chi connectivity index (χ0n) is 18.6. The van der Waals surface area contributed by atoms with E-state index in [-0.39, 0.29) is 23.7 Å². The van der Waals surface area contributed by atoms with Gasteiger partial charge in [0.05, 0.1) is 0 Å². The number of ether oxygens (including phenoxy) is 2. The van der Waals surface area contributed by atoms with Gasteiger partial charge in [-0.3, -0.25) is 9.59 Å². The Morgan fingerprint density at radius 1 is 0.875 bits per heavy atom. The van der Waals surface area contributed by atoms with Crippen molar-refractivity contribution in [1.82, 2.24) is 4.57 Å².